The molecule has 1 N–H and O–H groups in total. The van der Waals surface area contributed by atoms with E-state index in [0.717, 1.165) is 24.2 Å². The van der Waals surface area contributed by atoms with Crippen molar-refractivity contribution < 1.29 is 9.18 Å². The van der Waals surface area contributed by atoms with Crippen LogP contribution in [0, 0.1) is 5.82 Å². The number of nitrogens with one attached hydrogen (secondary N) is 1. The fourth-order valence-corrected chi connectivity index (χ4v) is 3.16. The maximum atomic E-state index is 13.7. The summed E-state index contributed by atoms with van der Waals surface area (Å²) in [6, 6.07) is 16.5. The van der Waals surface area contributed by atoms with Gasteiger partial charge in [0.05, 0.1) is 23.1 Å². The van der Waals surface area contributed by atoms with E-state index in [-0.39, 0.29) is 11.7 Å². The summed E-state index contributed by atoms with van der Waals surface area (Å²) in [5.41, 5.74) is 3.15. The maximum Gasteiger partial charge on any atom is 0.254 e. The van der Waals surface area contributed by atoms with Crippen LogP contribution < -0.4 is 5.32 Å². The normalized spacial score (nSPS) is 13.6. The second-order valence-corrected chi connectivity index (χ2v) is 6.56. The van der Waals surface area contributed by atoms with Crippen molar-refractivity contribution in [3.8, 4) is 5.69 Å². The van der Waals surface area contributed by atoms with Gasteiger partial charge in [0, 0.05) is 12.5 Å². The van der Waals surface area contributed by atoms with Crippen LogP contribution in [0.1, 0.15) is 40.4 Å². The van der Waals surface area contributed by atoms with E-state index in [9.17, 15) is 9.18 Å². The molecule has 26 heavy (non-hydrogen) atoms. The van der Waals surface area contributed by atoms with E-state index < -0.39 is 0 Å². The van der Waals surface area contributed by atoms with Gasteiger partial charge in [0.1, 0.15) is 5.82 Å². The Morgan fingerprint density at radius 3 is 2.58 bits per heavy atom. The Bertz CT molecular complexity index is 916. The fraction of sp³-hybridized carbons (Fsp3) is 0.238. The van der Waals surface area contributed by atoms with E-state index in [2.05, 4.69) is 10.4 Å². The van der Waals surface area contributed by atoms with Gasteiger partial charge in [-0.1, -0.05) is 36.4 Å². The molecule has 4 nitrogen and oxygen atoms in total. The molecule has 2 aromatic carbocycles. The third-order valence-corrected chi connectivity index (χ3v) is 4.65. The Labute approximate surface area is 151 Å². The molecule has 3 aromatic rings. The number of aromatic nitrogens is 2. The number of rotatable bonds is 6. The van der Waals surface area contributed by atoms with Gasteiger partial charge in [-0.25, -0.2) is 9.07 Å². The van der Waals surface area contributed by atoms with Crippen LogP contribution in [0.2, 0.25) is 0 Å². The molecule has 0 radical (unpaired) electrons. The summed E-state index contributed by atoms with van der Waals surface area (Å²) in [7, 11) is 0. The quantitative estimate of drug-likeness (QED) is 0.734. The SMILES string of the molecule is O=C(NCCc1ccccc1F)c1cnn(-c2ccccc2)c1C1CC1. The van der Waals surface area contributed by atoms with Crippen molar-refractivity contribution in [1.82, 2.24) is 15.1 Å². The summed E-state index contributed by atoms with van der Waals surface area (Å²) >= 11 is 0. The lowest BCUT2D eigenvalue weighted by Crippen LogP contribution is -2.26. The molecule has 1 aromatic heterocycles. The predicted molar refractivity (Wildman–Crippen MR) is 98.0 cm³/mol. The summed E-state index contributed by atoms with van der Waals surface area (Å²) in [5.74, 6) is -0.00670. The van der Waals surface area contributed by atoms with Crippen LogP contribution >= 0.6 is 0 Å². The number of benzene rings is 2. The largest absolute Gasteiger partial charge is 0.352 e. The van der Waals surface area contributed by atoms with Crippen LogP contribution in [0.3, 0.4) is 0 Å². The molecule has 1 fully saturated rings. The van der Waals surface area contributed by atoms with Crippen molar-refractivity contribution in [2.24, 2.45) is 0 Å². The van der Waals surface area contributed by atoms with Crippen molar-refractivity contribution >= 4 is 5.91 Å². The molecule has 0 spiro atoms. The third kappa shape index (κ3) is 3.38. The van der Waals surface area contributed by atoms with Crippen LogP contribution in [-0.2, 0) is 6.42 Å². The molecule has 1 heterocycles. The van der Waals surface area contributed by atoms with E-state index in [1.165, 1.54) is 6.07 Å². The summed E-state index contributed by atoms with van der Waals surface area (Å²) in [5, 5.41) is 7.35. The summed E-state index contributed by atoms with van der Waals surface area (Å²) in [4.78, 5) is 12.7. The molecule has 1 aliphatic rings. The number of hydrogen-bond donors (Lipinski definition) is 1. The van der Waals surface area contributed by atoms with Crippen molar-refractivity contribution in [1.29, 1.82) is 0 Å². The number of halogens is 1. The lowest BCUT2D eigenvalue weighted by Gasteiger charge is -2.09. The zero-order valence-corrected chi connectivity index (χ0v) is 14.4. The molecule has 1 amide bonds. The van der Waals surface area contributed by atoms with Gasteiger partial charge in [0.2, 0.25) is 0 Å². The van der Waals surface area contributed by atoms with E-state index in [1.807, 2.05) is 35.0 Å². The first-order chi connectivity index (χ1) is 12.7. The lowest BCUT2D eigenvalue weighted by molar-refractivity contribution is 0.0953. The number of carbonyl (C=O) groups is 1. The molecule has 1 aliphatic carbocycles. The predicted octanol–water partition coefficient (Wildman–Crippen LogP) is 3.86. The number of nitrogens with zero attached hydrogens (tertiary/aromatic N) is 2. The highest BCUT2D eigenvalue weighted by Gasteiger charge is 2.32. The molecule has 132 valence electrons. The van der Waals surface area contributed by atoms with E-state index in [1.54, 1.807) is 24.4 Å². The molecule has 4 rings (SSSR count). The summed E-state index contributed by atoms with van der Waals surface area (Å²) in [6.45, 7) is 0.389. The van der Waals surface area contributed by atoms with Gasteiger partial charge in [-0.2, -0.15) is 5.10 Å². The van der Waals surface area contributed by atoms with Crippen LogP contribution in [-0.4, -0.2) is 22.2 Å². The average molecular weight is 349 g/mol. The first kappa shape index (κ1) is 16.5. The monoisotopic (exact) mass is 349 g/mol. The van der Waals surface area contributed by atoms with E-state index >= 15 is 0 Å². The first-order valence-corrected chi connectivity index (χ1v) is 8.89. The zero-order valence-electron chi connectivity index (χ0n) is 14.4. The molecule has 0 atom stereocenters. The van der Waals surface area contributed by atoms with E-state index in [4.69, 9.17) is 0 Å². The maximum absolute atomic E-state index is 13.7. The molecular weight excluding hydrogens is 329 g/mol. The van der Waals surface area contributed by atoms with Crippen LogP contribution in [0.5, 0.6) is 0 Å². The highest BCUT2D eigenvalue weighted by molar-refractivity contribution is 5.95. The van der Waals surface area contributed by atoms with Gasteiger partial charge in [-0.05, 0) is 43.0 Å². The van der Waals surface area contributed by atoms with Crippen molar-refractivity contribution in [3.05, 3.63) is 83.4 Å². The summed E-state index contributed by atoms with van der Waals surface area (Å²) in [6.07, 6.45) is 4.26. The number of amides is 1. The molecule has 0 unspecified atom stereocenters. The van der Waals surface area contributed by atoms with Crippen molar-refractivity contribution in [3.63, 3.8) is 0 Å². The lowest BCUT2D eigenvalue weighted by atomic mass is 10.1. The number of carbonyl (C=O) groups excluding carboxylic acids is 1. The first-order valence-electron chi connectivity index (χ1n) is 8.89. The summed E-state index contributed by atoms with van der Waals surface area (Å²) < 4.78 is 15.5. The molecule has 5 heteroatoms. The fourth-order valence-electron chi connectivity index (χ4n) is 3.16. The Morgan fingerprint density at radius 2 is 1.85 bits per heavy atom. The van der Waals surface area contributed by atoms with Gasteiger partial charge in [0.25, 0.3) is 5.91 Å². The van der Waals surface area contributed by atoms with Gasteiger partial charge in [0.15, 0.2) is 0 Å². The molecule has 0 aliphatic heterocycles. The smallest absolute Gasteiger partial charge is 0.254 e. The second-order valence-electron chi connectivity index (χ2n) is 6.56. The Hall–Kier alpha value is -2.95. The Kier molecular flexibility index (Phi) is 4.52. The average Bonchev–Trinajstić information content (AvgIpc) is 3.41. The highest BCUT2D eigenvalue weighted by Crippen LogP contribution is 2.42. The van der Waals surface area contributed by atoms with Gasteiger partial charge in [-0.15, -0.1) is 0 Å². The molecule has 0 saturated heterocycles. The third-order valence-electron chi connectivity index (χ3n) is 4.65. The van der Waals surface area contributed by atoms with Crippen molar-refractivity contribution in [2.45, 2.75) is 25.2 Å². The molecule has 0 bridgehead atoms. The zero-order chi connectivity index (χ0) is 17.9. The Morgan fingerprint density at radius 1 is 1.12 bits per heavy atom. The molecular formula is C21H20FN3O. The Balaban J connectivity index is 1.50. The topological polar surface area (TPSA) is 46.9 Å². The van der Waals surface area contributed by atoms with Crippen LogP contribution in [0.25, 0.3) is 5.69 Å². The minimum absolute atomic E-state index is 0.148. The van der Waals surface area contributed by atoms with Gasteiger partial charge in [-0.3, -0.25) is 4.79 Å². The highest BCUT2D eigenvalue weighted by atomic mass is 19.1. The van der Waals surface area contributed by atoms with Crippen LogP contribution in [0.4, 0.5) is 4.39 Å². The van der Waals surface area contributed by atoms with Gasteiger partial charge >= 0.3 is 0 Å². The number of hydrogen-bond acceptors (Lipinski definition) is 2. The van der Waals surface area contributed by atoms with Crippen LogP contribution in [0.15, 0.2) is 60.8 Å². The minimum atomic E-state index is -0.239. The van der Waals surface area contributed by atoms with Gasteiger partial charge < -0.3 is 5.32 Å². The second kappa shape index (κ2) is 7.12. The standard InChI is InChI=1S/C21H20FN3O/c22-19-9-5-4-6-15(19)12-13-23-21(26)18-14-24-25(20(18)16-10-11-16)17-7-2-1-3-8-17/h1-9,14,16H,10-13H2,(H,23,26). The number of para-hydroxylation sites is 1. The molecule has 1 saturated carbocycles. The van der Waals surface area contributed by atoms with Crippen molar-refractivity contribution in [2.75, 3.05) is 6.54 Å². The van der Waals surface area contributed by atoms with E-state index in [0.29, 0.717) is 30.0 Å². The minimum Gasteiger partial charge on any atom is -0.352 e.